The molecule has 1 heterocycles. The highest BCUT2D eigenvalue weighted by atomic mass is 16.3. The third-order valence-corrected chi connectivity index (χ3v) is 4.86. The van der Waals surface area contributed by atoms with E-state index in [1.54, 1.807) is 0 Å². The number of benzene rings is 2. The molecule has 2 aromatic rings. The summed E-state index contributed by atoms with van der Waals surface area (Å²) < 4.78 is 0. The van der Waals surface area contributed by atoms with Gasteiger partial charge in [-0.25, -0.2) is 0 Å². The Bertz CT molecular complexity index is 716. The molecule has 1 saturated heterocycles. The average Bonchev–Trinajstić information content (AvgIpc) is 2.53. The first-order valence-corrected chi connectivity index (χ1v) is 7.90. The van der Waals surface area contributed by atoms with Crippen molar-refractivity contribution in [3.8, 4) is 6.07 Å². The smallest absolute Gasteiger partial charge is 0.0998 e. The molecule has 0 amide bonds. The minimum atomic E-state index is -0.598. The third-order valence-electron chi connectivity index (χ3n) is 4.86. The summed E-state index contributed by atoms with van der Waals surface area (Å²) in [4.78, 5) is 2.38. The molecule has 0 unspecified atom stereocenters. The summed E-state index contributed by atoms with van der Waals surface area (Å²) >= 11 is 0. The van der Waals surface area contributed by atoms with Crippen molar-refractivity contribution >= 4 is 16.5 Å². The van der Waals surface area contributed by atoms with Crippen LogP contribution in [0.2, 0.25) is 0 Å². The number of fused-ring (bicyclic) bond motifs is 1. The molecule has 3 rings (SSSR count). The molecule has 1 aliphatic heterocycles. The first-order valence-electron chi connectivity index (χ1n) is 7.90. The summed E-state index contributed by atoms with van der Waals surface area (Å²) in [6.07, 6.45) is 2.00. The topological polar surface area (TPSA) is 47.3 Å². The van der Waals surface area contributed by atoms with Crippen LogP contribution in [0.1, 0.15) is 32.3 Å². The van der Waals surface area contributed by atoms with Gasteiger partial charge >= 0.3 is 0 Å². The van der Waals surface area contributed by atoms with E-state index in [0.29, 0.717) is 5.92 Å². The first kappa shape index (κ1) is 14.9. The van der Waals surface area contributed by atoms with Crippen LogP contribution in [0, 0.1) is 17.2 Å². The van der Waals surface area contributed by atoms with E-state index in [2.05, 4.69) is 23.1 Å². The molecule has 114 valence electrons. The van der Waals surface area contributed by atoms with Gasteiger partial charge in [-0.3, -0.25) is 0 Å². The van der Waals surface area contributed by atoms with Gasteiger partial charge in [-0.1, -0.05) is 24.3 Å². The van der Waals surface area contributed by atoms with Crippen molar-refractivity contribution in [2.75, 3.05) is 18.0 Å². The zero-order chi connectivity index (χ0) is 15.7. The Kier molecular flexibility index (Phi) is 3.80. The molecule has 0 saturated carbocycles. The fourth-order valence-electron chi connectivity index (χ4n) is 3.48. The van der Waals surface area contributed by atoms with Gasteiger partial charge in [-0.05, 0) is 44.7 Å². The van der Waals surface area contributed by atoms with Crippen LogP contribution in [-0.4, -0.2) is 23.8 Å². The Morgan fingerprint density at radius 2 is 1.73 bits per heavy atom. The number of nitrogens with zero attached hydrogens (tertiary/aromatic N) is 2. The monoisotopic (exact) mass is 294 g/mol. The van der Waals surface area contributed by atoms with Crippen molar-refractivity contribution in [3.05, 3.63) is 42.0 Å². The van der Waals surface area contributed by atoms with Crippen LogP contribution in [0.3, 0.4) is 0 Å². The molecule has 1 fully saturated rings. The number of nitriles is 1. The Morgan fingerprint density at radius 1 is 1.09 bits per heavy atom. The molecule has 0 bridgehead atoms. The predicted molar refractivity (Wildman–Crippen MR) is 89.9 cm³/mol. The Hall–Kier alpha value is -2.05. The van der Waals surface area contributed by atoms with Crippen LogP contribution < -0.4 is 4.90 Å². The van der Waals surface area contributed by atoms with Gasteiger partial charge in [0.25, 0.3) is 0 Å². The number of anilines is 1. The largest absolute Gasteiger partial charge is 0.390 e. The van der Waals surface area contributed by atoms with Crippen molar-refractivity contribution in [1.29, 1.82) is 5.26 Å². The molecule has 0 aliphatic carbocycles. The van der Waals surface area contributed by atoms with Crippen LogP contribution in [-0.2, 0) is 0 Å². The summed E-state index contributed by atoms with van der Waals surface area (Å²) in [5, 5.41) is 21.6. The molecule has 0 atom stereocenters. The van der Waals surface area contributed by atoms with Gasteiger partial charge in [0.05, 0.1) is 17.2 Å². The summed E-state index contributed by atoms with van der Waals surface area (Å²) in [6.45, 7) is 5.71. The molecule has 2 aromatic carbocycles. The Morgan fingerprint density at radius 3 is 2.32 bits per heavy atom. The maximum atomic E-state index is 10.2. The second-order valence-corrected chi connectivity index (χ2v) is 6.70. The molecular formula is C19H22N2O. The van der Waals surface area contributed by atoms with Crippen LogP contribution in [0.4, 0.5) is 5.69 Å². The van der Waals surface area contributed by atoms with E-state index < -0.39 is 5.60 Å². The minimum absolute atomic E-state index is 0.355. The maximum Gasteiger partial charge on any atom is 0.0998 e. The van der Waals surface area contributed by atoms with Gasteiger partial charge in [0.2, 0.25) is 0 Å². The van der Waals surface area contributed by atoms with E-state index in [1.165, 1.54) is 5.69 Å². The standard InChI is InChI=1S/C19H22N2O/c1-19(2,22)15-9-11-21(12-10-15)18-8-7-14(13-20)16-5-3-4-6-17(16)18/h3-8,15,22H,9-12H2,1-2H3. The fourth-order valence-corrected chi connectivity index (χ4v) is 3.48. The average molecular weight is 294 g/mol. The molecule has 1 N–H and O–H groups in total. The fraction of sp³-hybridized carbons (Fsp3) is 0.421. The lowest BCUT2D eigenvalue weighted by Gasteiger charge is -2.39. The molecule has 1 aliphatic rings. The number of hydrogen-bond donors (Lipinski definition) is 1. The molecule has 0 radical (unpaired) electrons. The molecule has 3 heteroatoms. The molecular weight excluding hydrogens is 272 g/mol. The number of piperidine rings is 1. The highest BCUT2D eigenvalue weighted by Gasteiger charge is 2.30. The van der Waals surface area contributed by atoms with Gasteiger partial charge in [0, 0.05) is 29.5 Å². The zero-order valence-electron chi connectivity index (χ0n) is 13.2. The number of aliphatic hydroxyl groups is 1. The highest BCUT2D eigenvalue weighted by Crippen LogP contribution is 2.34. The van der Waals surface area contributed by atoms with Crippen LogP contribution in [0.25, 0.3) is 10.8 Å². The quantitative estimate of drug-likeness (QED) is 0.918. The lowest BCUT2D eigenvalue weighted by Crippen LogP contribution is -2.42. The van der Waals surface area contributed by atoms with E-state index in [-0.39, 0.29) is 0 Å². The van der Waals surface area contributed by atoms with E-state index in [9.17, 15) is 10.4 Å². The van der Waals surface area contributed by atoms with E-state index in [1.807, 2.05) is 38.1 Å². The molecule has 3 nitrogen and oxygen atoms in total. The van der Waals surface area contributed by atoms with Gasteiger partial charge in [0.1, 0.15) is 0 Å². The maximum absolute atomic E-state index is 10.2. The van der Waals surface area contributed by atoms with Crippen LogP contribution >= 0.6 is 0 Å². The summed E-state index contributed by atoms with van der Waals surface area (Å²) in [7, 11) is 0. The lowest BCUT2D eigenvalue weighted by atomic mass is 9.83. The zero-order valence-corrected chi connectivity index (χ0v) is 13.2. The number of hydrogen-bond acceptors (Lipinski definition) is 3. The van der Waals surface area contributed by atoms with E-state index >= 15 is 0 Å². The minimum Gasteiger partial charge on any atom is -0.390 e. The molecule has 0 aromatic heterocycles. The van der Waals surface area contributed by atoms with Crippen LogP contribution in [0.5, 0.6) is 0 Å². The SMILES string of the molecule is CC(C)(O)C1CCN(c2ccc(C#N)c3ccccc23)CC1. The van der Waals surface area contributed by atoms with Crippen molar-refractivity contribution in [2.45, 2.75) is 32.3 Å². The van der Waals surface area contributed by atoms with Gasteiger partial charge in [-0.15, -0.1) is 0 Å². The number of rotatable bonds is 2. The second-order valence-electron chi connectivity index (χ2n) is 6.70. The lowest BCUT2D eigenvalue weighted by molar-refractivity contribution is 0.00654. The summed E-state index contributed by atoms with van der Waals surface area (Å²) in [5.41, 5.74) is 1.33. The second kappa shape index (κ2) is 5.62. The van der Waals surface area contributed by atoms with Crippen molar-refractivity contribution in [3.63, 3.8) is 0 Å². The normalized spacial score (nSPS) is 16.7. The summed E-state index contributed by atoms with van der Waals surface area (Å²) in [5.74, 6) is 0.355. The van der Waals surface area contributed by atoms with E-state index in [0.717, 1.165) is 42.3 Å². The van der Waals surface area contributed by atoms with E-state index in [4.69, 9.17) is 0 Å². The van der Waals surface area contributed by atoms with Crippen molar-refractivity contribution < 1.29 is 5.11 Å². The van der Waals surface area contributed by atoms with Gasteiger partial charge in [-0.2, -0.15) is 5.26 Å². The highest BCUT2D eigenvalue weighted by molar-refractivity contribution is 5.97. The van der Waals surface area contributed by atoms with Gasteiger partial charge in [0.15, 0.2) is 0 Å². The Labute approximate surface area is 131 Å². The van der Waals surface area contributed by atoms with Crippen molar-refractivity contribution in [1.82, 2.24) is 0 Å². The predicted octanol–water partition coefficient (Wildman–Crippen LogP) is 3.70. The third kappa shape index (κ3) is 2.67. The Balaban J connectivity index is 1.91. The molecule has 22 heavy (non-hydrogen) atoms. The first-order chi connectivity index (χ1) is 10.5. The van der Waals surface area contributed by atoms with Crippen molar-refractivity contribution in [2.24, 2.45) is 5.92 Å². The molecule has 0 spiro atoms. The summed E-state index contributed by atoms with van der Waals surface area (Å²) in [6, 6.07) is 14.4. The van der Waals surface area contributed by atoms with Crippen LogP contribution in [0.15, 0.2) is 36.4 Å². The van der Waals surface area contributed by atoms with Gasteiger partial charge < -0.3 is 10.0 Å².